The molecule has 0 saturated carbocycles. The number of carbonyl (C=O) groups excluding carboxylic acids is 5. The van der Waals surface area contributed by atoms with Gasteiger partial charge in [-0.2, -0.15) is 13.2 Å². The van der Waals surface area contributed by atoms with Crippen LogP contribution in [-0.4, -0.2) is 216 Å². The number of imide groups is 1. The maximum absolute atomic E-state index is 15.2. The highest BCUT2D eigenvalue weighted by Gasteiger charge is 2.41. The average molecular weight is 1210 g/mol. The molecule has 1 aromatic heterocycles. The van der Waals surface area contributed by atoms with Gasteiger partial charge in [-0.25, -0.2) is 18.6 Å². The Labute approximate surface area is 491 Å². The van der Waals surface area contributed by atoms with Crippen molar-refractivity contribution in [3.63, 3.8) is 0 Å². The Morgan fingerprint density at radius 2 is 1.22 bits per heavy atom. The second-order valence-electron chi connectivity index (χ2n) is 20.7. The van der Waals surface area contributed by atoms with Crippen LogP contribution in [0.1, 0.15) is 63.9 Å². The summed E-state index contributed by atoms with van der Waals surface area (Å²) < 4.78 is 107. The summed E-state index contributed by atoms with van der Waals surface area (Å²) in [5, 5.41) is 23.9. The number of nitrogens with one attached hydrogen (secondary N) is 2. The first kappa shape index (κ1) is 71.3. The van der Waals surface area contributed by atoms with Crippen LogP contribution in [0.4, 0.5) is 22.0 Å². The number of nitrogens with zero attached hydrogens (tertiary/aromatic N) is 4. The van der Waals surface area contributed by atoms with Crippen LogP contribution in [0.2, 0.25) is 0 Å². The molecule has 1 saturated heterocycles. The molecule has 4 amide bonds. The molecule has 0 spiro atoms. The van der Waals surface area contributed by atoms with Crippen molar-refractivity contribution < 1.29 is 98.8 Å². The lowest BCUT2D eigenvalue weighted by Gasteiger charge is -2.41. The van der Waals surface area contributed by atoms with Gasteiger partial charge in [-0.05, 0) is 47.4 Å². The molecule has 3 atom stereocenters. The van der Waals surface area contributed by atoms with Crippen LogP contribution in [0.25, 0.3) is 11.3 Å². The van der Waals surface area contributed by atoms with Crippen molar-refractivity contribution in [3.8, 4) is 11.3 Å². The van der Waals surface area contributed by atoms with E-state index in [0.717, 1.165) is 28.7 Å². The van der Waals surface area contributed by atoms with Crippen LogP contribution < -0.4 is 10.6 Å². The number of aliphatic carboxylic acids is 1. The molecule has 5 rings (SSSR count). The molecular weight excluding hydrogens is 1130 g/mol. The van der Waals surface area contributed by atoms with E-state index in [0.29, 0.717) is 144 Å². The molecular formula is C58H81F5N6O16. The average Bonchev–Trinajstić information content (AvgIpc) is 2.08. The van der Waals surface area contributed by atoms with Gasteiger partial charge in [-0.1, -0.05) is 51.1 Å². The summed E-state index contributed by atoms with van der Waals surface area (Å²) in [7, 11) is 0. The standard InChI is InChI=1S/C56H80F2N6O14.C2HF3O2/c1-56(2,3)54(55-61-49(47-34-45(57)11-12-48(47)58)40-62(55)38-42-8-5-4-6-9-42)64(53(70)41-65)39-44-36-59-35-43(44)37-60-50(67)16-19-72-21-23-74-25-27-76-29-31-78-33-32-77-30-28-75-26-24-73-22-20-71-18-7-10-46(66)15-17-63-51(68)13-14-52(63)69;3-2(4,5)1(6)7/h4-6,8-9,11-14,34,40,43-44,54,59,65H,7,10,15-33,35-39,41H2,1-3H3,(H,60,67);(H,6,7). The van der Waals surface area contributed by atoms with Gasteiger partial charge < -0.3 is 68.2 Å². The van der Waals surface area contributed by atoms with Crippen LogP contribution in [0.3, 0.4) is 0 Å². The predicted molar refractivity (Wildman–Crippen MR) is 297 cm³/mol. The molecule has 1 fully saturated rings. The summed E-state index contributed by atoms with van der Waals surface area (Å²) in [4.78, 5) is 78.2. The summed E-state index contributed by atoms with van der Waals surface area (Å²) in [5.41, 5.74) is 0.543. The number of amides is 4. The quantitative estimate of drug-likeness (QED) is 0.0345. The zero-order valence-corrected chi connectivity index (χ0v) is 48.5. The van der Waals surface area contributed by atoms with Crippen molar-refractivity contribution in [3.05, 3.63) is 89.9 Å². The Hall–Kier alpha value is -6.14. The molecule has 2 aliphatic heterocycles. The third-order valence-corrected chi connectivity index (χ3v) is 13.1. The number of carboxylic acids is 1. The number of ether oxygens (including phenoxy) is 8. The summed E-state index contributed by atoms with van der Waals surface area (Å²) in [5.74, 6) is -5.09. The molecule has 27 heteroatoms. The van der Waals surface area contributed by atoms with Crippen molar-refractivity contribution in [2.24, 2.45) is 17.3 Å². The lowest BCUT2D eigenvalue weighted by atomic mass is 9.83. The zero-order valence-electron chi connectivity index (χ0n) is 48.5. The fraction of sp³-hybridized carbons (Fsp3) is 0.603. The molecule has 2 aromatic carbocycles. The first-order chi connectivity index (χ1) is 40.7. The molecule has 4 N–H and O–H groups in total. The minimum Gasteiger partial charge on any atom is -0.475 e. The third-order valence-electron chi connectivity index (χ3n) is 13.1. The van der Waals surface area contributed by atoms with Gasteiger partial charge in [0.15, 0.2) is 0 Å². The topological polar surface area (TPSA) is 265 Å². The Morgan fingerprint density at radius 3 is 1.73 bits per heavy atom. The fourth-order valence-corrected chi connectivity index (χ4v) is 8.83. The number of rotatable bonds is 41. The van der Waals surface area contributed by atoms with E-state index in [1.165, 1.54) is 12.2 Å². The van der Waals surface area contributed by atoms with Crippen molar-refractivity contribution in [1.29, 1.82) is 0 Å². The van der Waals surface area contributed by atoms with E-state index in [-0.39, 0.29) is 79.1 Å². The van der Waals surface area contributed by atoms with Crippen molar-refractivity contribution in [2.75, 3.05) is 145 Å². The number of imidazole rings is 1. The minimum atomic E-state index is -5.08. The maximum atomic E-state index is 15.2. The number of aromatic nitrogens is 2. The molecule has 3 unspecified atom stereocenters. The summed E-state index contributed by atoms with van der Waals surface area (Å²) in [6, 6.07) is 12.2. The number of halogens is 5. The van der Waals surface area contributed by atoms with Crippen LogP contribution in [0.15, 0.2) is 66.9 Å². The van der Waals surface area contributed by atoms with Crippen LogP contribution in [-0.2, 0) is 73.2 Å². The first-order valence-electron chi connectivity index (χ1n) is 28.1. The Kier molecular flexibility index (Phi) is 32.6. The van der Waals surface area contributed by atoms with Gasteiger partial charge in [0, 0.05) is 89.1 Å². The molecule has 474 valence electrons. The number of Topliss-reactive ketones (excluding diaryl/α,β-unsaturated/α-hetero) is 1. The number of ketones is 1. The predicted octanol–water partition coefficient (Wildman–Crippen LogP) is 4.56. The number of hydrogen-bond acceptors (Lipinski definition) is 17. The maximum Gasteiger partial charge on any atom is 0.490 e. The zero-order chi connectivity index (χ0) is 62.0. The van der Waals surface area contributed by atoms with Gasteiger partial charge in [0.2, 0.25) is 11.8 Å². The third kappa shape index (κ3) is 27.4. The second-order valence-corrected chi connectivity index (χ2v) is 20.7. The molecule has 0 radical (unpaired) electrons. The number of aliphatic hydroxyl groups excluding tert-OH is 1. The summed E-state index contributed by atoms with van der Waals surface area (Å²) in [6.07, 6.45) is 0.195. The lowest BCUT2D eigenvalue weighted by Crippen LogP contribution is -2.47. The van der Waals surface area contributed by atoms with E-state index in [2.05, 4.69) is 10.6 Å². The van der Waals surface area contributed by atoms with E-state index in [4.69, 9.17) is 52.8 Å². The van der Waals surface area contributed by atoms with Crippen LogP contribution >= 0.6 is 0 Å². The van der Waals surface area contributed by atoms with Crippen molar-refractivity contribution >= 4 is 35.4 Å². The smallest absolute Gasteiger partial charge is 0.475 e. The number of aliphatic hydroxyl groups is 1. The van der Waals surface area contributed by atoms with Crippen molar-refractivity contribution in [1.82, 2.24) is 30.0 Å². The minimum absolute atomic E-state index is 0.000277. The number of benzene rings is 2. The molecule has 0 bridgehead atoms. The van der Waals surface area contributed by atoms with E-state index >= 15 is 4.39 Å². The Balaban J connectivity index is 0.00000208. The second kappa shape index (κ2) is 38.8. The van der Waals surface area contributed by atoms with E-state index in [1.54, 1.807) is 11.1 Å². The molecule has 22 nitrogen and oxygen atoms in total. The Morgan fingerprint density at radius 1 is 0.718 bits per heavy atom. The van der Waals surface area contributed by atoms with Crippen molar-refractivity contribution in [2.45, 2.75) is 65.2 Å². The number of carboxylic acid groups (broad SMARTS) is 1. The summed E-state index contributed by atoms with van der Waals surface area (Å²) in [6.45, 7) is 13.7. The molecule has 3 heterocycles. The lowest BCUT2D eigenvalue weighted by molar-refractivity contribution is -0.192. The molecule has 85 heavy (non-hydrogen) atoms. The molecule has 3 aromatic rings. The van der Waals surface area contributed by atoms with Gasteiger partial charge in [0.05, 0.1) is 111 Å². The van der Waals surface area contributed by atoms with E-state index < -0.39 is 47.8 Å². The number of hydrogen-bond donors (Lipinski definition) is 4. The highest BCUT2D eigenvalue weighted by Crippen LogP contribution is 2.40. The molecule has 2 aliphatic rings. The van der Waals surface area contributed by atoms with Gasteiger partial charge in [0.25, 0.3) is 11.8 Å². The van der Waals surface area contributed by atoms with Gasteiger partial charge in [0.1, 0.15) is 29.8 Å². The Bertz CT molecular complexity index is 2520. The van der Waals surface area contributed by atoms with Gasteiger partial charge in [-0.15, -0.1) is 0 Å². The monoisotopic (exact) mass is 1210 g/mol. The van der Waals surface area contributed by atoms with Gasteiger partial charge >= 0.3 is 12.1 Å². The highest BCUT2D eigenvalue weighted by molar-refractivity contribution is 6.13. The fourth-order valence-electron chi connectivity index (χ4n) is 8.83. The van der Waals surface area contributed by atoms with Gasteiger partial charge in [-0.3, -0.25) is 28.9 Å². The molecule has 0 aliphatic carbocycles. The van der Waals surface area contributed by atoms with Crippen LogP contribution in [0, 0.1) is 28.9 Å². The normalized spacial score (nSPS) is 15.5. The number of carbonyl (C=O) groups is 6. The van der Waals surface area contributed by atoms with E-state index in [9.17, 15) is 46.6 Å². The highest BCUT2D eigenvalue weighted by atomic mass is 19.4. The number of alkyl halides is 3. The van der Waals surface area contributed by atoms with E-state index in [1.807, 2.05) is 55.7 Å². The largest absolute Gasteiger partial charge is 0.490 e. The summed E-state index contributed by atoms with van der Waals surface area (Å²) >= 11 is 0. The van der Waals surface area contributed by atoms with Crippen LogP contribution in [0.5, 0.6) is 0 Å². The SMILES string of the molecule is CC(C)(C)C(c1nc(-c2cc(F)ccc2F)cn1Cc1ccccc1)N(CC1CNCC1CNC(=O)CCOCCOCCOCCOCCOCCOCCOCCOCCCC(=O)CCN1C(=O)C=CC1=O)C(=O)CO.O=C(O)C(F)(F)F. The first-order valence-corrected chi connectivity index (χ1v) is 28.1.